The van der Waals surface area contributed by atoms with Crippen LogP contribution in [-0.2, 0) is 9.53 Å². The van der Waals surface area contributed by atoms with E-state index >= 15 is 0 Å². The van der Waals surface area contributed by atoms with Crippen LogP contribution in [0.3, 0.4) is 0 Å². The number of benzene rings is 2. The molecule has 0 aliphatic heterocycles. The molecule has 0 bridgehead atoms. The Morgan fingerprint density at radius 1 is 1.12 bits per heavy atom. The van der Waals surface area contributed by atoms with Crippen molar-refractivity contribution in [3.8, 4) is 5.75 Å². The molecule has 0 unspecified atom stereocenters. The van der Waals surface area contributed by atoms with E-state index in [9.17, 15) is 19.5 Å². The largest absolute Gasteiger partial charge is 0.507 e. The second-order valence-electron chi connectivity index (χ2n) is 5.54. The molecule has 0 radical (unpaired) electrons. The maximum atomic E-state index is 12.1. The highest BCUT2D eigenvalue weighted by molar-refractivity contribution is 9.10. The van der Waals surface area contributed by atoms with Crippen LogP contribution in [0.5, 0.6) is 5.75 Å². The number of carbonyl (C=O) groups is 3. The number of phenolic OH excluding ortho intramolecular Hbond substituents is 1. The number of rotatable bonds is 7. The summed E-state index contributed by atoms with van der Waals surface area (Å²) in [5.41, 5.74) is 0.918. The third-order valence-corrected chi connectivity index (χ3v) is 3.97. The van der Waals surface area contributed by atoms with Gasteiger partial charge in [0.25, 0.3) is 0 Å². The van der Waals surface area contributed by atoms with Crippen molar-refractivity contribution in [3.63, 3.8) is 0 Å². The van der Waals surface area contributed by atoms with Crippen LogP contribution >= 0.6 is 15.9 Å². The minimum absolute atomic E-state index is 0.0267. The lowest BCUT2D eigenvalue weighted by molar-refractivity contribution is -0.116. The van der Waals surface area contributed by atoms with Gasteiger partial charge in [-0.25, -0.2) is 4.79 Å². The number of esters is 1. The summed E-state index contributed by atoms with van der Waals surface area (Å²) in [6.07, 6.45) is 1.18. The van der Waals surface area contributed by atoms with E-state index in [4.69, 9.17) is 4.74 Å². The number of nitrogens with one attached hydrogen (secondary N) is 1. The van der Waals surface area contributed by atoms with Gasteiger partial charge in [-0.15, -0.1) is 0 Å². The van der Waals surface area contributed by atoms with Gasteiger partial charge in [0.2, 0.25) is 5.91 Å². The quantitative estimate of drug-likeness (QED) is 0.523. The van der Waals surface area contributed by atoms with E-state index < -0.39 is 12.6 Å². The van der Waals surface area contributed by atoms with Crippen molar-refractivity contribution in [1.82, 2.24) is 0 Å². The molecule has 2 N–H and O–H groups in total. The second kappa shape index (κ2) is 9.15. The van der Waals surface area contributed by atoms with Crippen LogP contribution in [0, 0.1) is 0 Å². The maximum absolute atomic E-state index is 12.1. The molecule has 0 fully saturated rings. The molecule has 2 aromatic carbocycles. The van der Waals surface area contributed by atoms with Crippen LogP contribution in [0.15, 0.2) is 46.9 Å². The molecule has 26 heavy (non-hydrogen) atoms. The number of hydrogen-bond donors (Lipinski definition) is 2. The molecule has 0 atom stereocenters. The molecule has 7 heteroatoms. The summed E-state index contributed by atoms with van der Waals surface area (Å²) < 4.78 is 5.57. The zero-order valence-corrected chi connectivity index (χ0v) is 15.7. The smallest absolute Gasteiger partial charge is 0.342 e. The van der Waals surface area contributed by atoms with E-state index in [0.29, 0.717) is 22.1 Å². The van der Waals surface area contributed by atoms with Crippen LogP contribution in [0.1, 0.15) is 40.5 Å². The molecule has 0 aromatic heterocycles. The highest BCUT2D eigenvalue weighted by Gasteiger charge is 2.16. The Labute approximate surface area is 159 Å². The number of ether oxygens (including phenoxy) is 1. The number of phenols is 1. The van der Waals surface area contributed by atoms with Gasteiger partial charge in [0.05, 0.1) is 0 Å². The predicted octanol–water partition coefficient (Wildman–Crippen LogP) is 3.93. The Morgan fingerprint density at radius 2 is 1.81 bits per heavy atom. The molecule has 136 valence electrons. The lowest BCUT2D eigenvalue weighted by Gasteiger charge is -2.08. The van der Waals surface area contributed by atoms with Crippen LogP contribution in [0.4, 0.5) is 5.69 Å². The number of amides is 1. The summed E-state index contributed by atoms with van der Waals surface area (Å²) >= 11 is 3.20. The molecule has 0 aliphatic carbocycles. The monoisotopic (exact) mass is 419 g/mol. The molecule has 0 heterocycles. The van der Waals surface area contributed by atoms with Gasteiger partial charge in [-0.2, -0.15) is 0 Å². The van der Waals surface area contributed by atoms with Gasteiger partial charge in [0.15, 0.2) is 12.4 Å². The number of hydrogen-bond acceptors (Lipinski definition) is 5. The first-order valence-corrected chi connectivity index (χ1v) is 8.78. The second-order valence-corrected chi connectivity index (χ2v) is 6.45. The number of ketones is 1. The number of anilines is 1. The van der Waals surface area contributed by atoms with Crippen molar-refractivity contribution in [2.45, 2.75) is 19.8 Å². The molecule has 0 saturated carbocycles. The first kappa shape index (κ1) is 19.7. The Kier molecular flexibility index (Phi) is 6.91. The molecule has 0 spiro atoms. The molecule has 6 nitrogen and oxygen atoms in total. The van der Waals surface area contributed by atoms with Crippen LogP contribution in [0.25, 0.3) is 0 Å². The Hall–Kier alpha value is -2.67. The minimum atomic E-state index is -0.791. The Bertz CT molecular complexity index is 817. The normalized spacial score (nSPS) is 10.2. The third-order valence-electron chi connectivity index (χ3n) is 3.48. The first-order valence-electron chi connectivity index (χ1n) is 7.99. The summed E-state index contributed by atoms with van der Waals surface area (Å²) in [5.74, 6) is -1.49. The number of halogens is 1. The van der Waals surface area contributed by atoms with Gasteiger partial charge in [-0.3, -0.25) is 9.59 Å². The Morgan fingerprint density at radius 3 is 2.46 bits per heavy atom. The summed E-state index contributed by atoms with van der Waals surface area (Å²) in [7, 11) is 0. The number of aromatic hydroxyl groups is 1. The van der Waals surface area contributed by atoms with E-state index in [0.717, 1.165) is 6.42 Å². The average molecular weight is 420 g/mol. The van der Waals surface area contributed by atoms with E-state index in [1.54, 1.807) is 30.3 Å². The zero-order chi connectivity index (χ0) is 19.1. The van der Waals surface area contributed by atoms with Crippen LogP contribution < -0.4 is 5.32 Å². The van der Waals surface area contributed by atoms with Gasteiger partial charge < -0.3 is 15.2 Å². The molecule has 2 aromatic rings. The highest BCUT2D eigenvalue weighted by Crippen LogP contribution is 2.22. The van der Waals surface area contributed by atoms with Gasteiger partial charge in [-0.05, 0) is 48.9 Å². The summed E-state index contributed by atoms with van der Waals surface area (Å²) in [6.45, 7) is 1.46. The molecule has 2 rings (SSSR count). The van der Waals surface area contributed by atoms with Crippen molar-refractivity contribution < 1.29 is 24.2 Å². The van der Waals surface area contributed by atoms with Gasteiger partial charge >= 0.3 is 5.97 Å². The number of Topliss-reactive ketones (excluding diaryl/α,β-unsaturated/α-hetero) is 1. The minimum Gasteiger partial charge on any atom is -0.507 e. The topological polar surface area (TPSA) is 92.7 Å². The fourth-order valence-electron chi connectivity index (χ4n) is 2.15. The number of carbonyl (C=O) groups excluding carboxylic acids is 3. The zero-order valence-electron chi connectivity index (χ0n) is 14.1. The van der Waals surface area contributed by atoms with Gasteiger partial charge in [0, 0.05) is 22.1 Å². The lowest BCUT2D eigenvalue weighted by atomic mass is 10.1. The summed E-state index contributed by atoms with van der Waals surface area (Å²) in [5, 5.41) is 12.4. The lowest BCUT2D eigenvalue weighted by Crippen LogP contribution is -2.15. The summed E-state index contributed by atoms with van der Waals surface area (Å²) in [4.78, 5) is 35.7. The van der Waals surface area contributed by atoms with Gasteiger partial charge in [0.1, 0.15) is 11.3 Å². The Balaban J connectivity index is 1.94. The maximum Gasteiger partial charge on any atom is 0.342 e. The van der Waals surface area contributed by atoms with Crippen LogP contribution in [0.2, 0.25) is 0 Å². The van der Waals surface area contributed by atoms with E-state index in [-0.39, 0.29) is 23.0 Å². The van der Waals surface area contributed by atoms with E-state index in [1.807, 2.05) is 6.92 Å². The molecular weight excluding hydrogens is 402 g/mol. The van der Waals surface area contributed by atoms with Crippen molar-refractivity contribution in [2.75, 3.05) is 11.9 Å². The fourth-order valence-corrected chi connectivity index (χ4v) is 2.52. The standard InChI is InChI=1S/C19H18BrNO5/c1-2-3-18(24)21-14-7-4-12(5-8-14)17(23)11-26-19(25)15-10-13(20)6-9-16(15)22/h4-10,22H,2-3,11H2,1H3,(H,21,24). The first-order chi connectivity index (χ1) is 12.4. The van der Waals surface area contributed by atoms with Crippen molar-refractivity contribution in [3.05, 3.63) is 58.1 Å². The van der Waals surface area contributed by atoms with E-state index in [1.165, 1.54) is 12.1 Å². The third kappa shape index (κ3) is 5.42. The molecule has 0 saturated heterocycles. The fraction of sp³-hybridized carbons (Fsp3) is 0.211. The highest BCUT2D eigenvalue weighted by atomic mass is 79.9. The van der Waals surface area contributed by atoms with E-state index in [2.05, 4.69) is 21.2 Å². The van der Waals surface area contributed by atoms with Crippen molar-refractivity contribution in [1.29, 1.82) is 0 Å². The predicted molar refractivity (Wildman–Crippen MR) is 100 cm³/mol. The molecular formula is C19H18BrNO5. The average Bonchev–Trinajstić information content (AvgIpc) is 2.62. The molecule has 0 aliphatic rings. The van der Waals surface area contributed by atoms with Gasteiger partial charge in [-0.1, -0.05) is 22.9 Å². The molecule has 1 amide bonds. The van der Waals surface area contributed by atoms with Crippen molar-refractivity contribution >= 4 is 39.3 Å². The van der Waals surface area contributed by atoms with Crippen LogP contribution in [-0.4, -0.2) is 29.4 Å². The van der Waals surface area contributed by atoms with Crippen molar-refractivity contribution in [2.24, 2.45) is 0 Å². The summed E-state index contributed by atoms with van der Waals surface area (Å²) in [6, 6.07) is 10.7. The SMILES string of the molecule is CCCC(=O)Nc1ccc(C(=O)COC(=O)c2cc(Br)ccc2O)cc1.